The second-order valence-corrected chi connectivity index (χ2v) is 8.54. The number of pyridine rings is 2. The van der Waals surface area contributed by atoms with Crippen LogP contribution in [0.5, 0.6) is 0 Å². The highest BCUT2D eigenvalue weighted by Gasteiger charge is 2.26. The first-order valence-electron chi connectivity index (χ1n) is 10.5. The summed E-state index contributed by atoms with van der Waals surface area (Å²) < 4.78 is 0. The average Bonchev–Trinajstić information content (AvgIpc) is 2.81. The Kier molecular flexibility index (Phi) is 8.25. The minimum absolute atomic E-state index is 0.0518. The van der Waals surface area contributed by atoms with Gasteiger partial charge in [-0.3, -0.25) is 14.6 Å². The molecule has 0 spiro atoms. The smallest absolute Gasteiger partial charge is 0.256 e. The van der Waals surface area contributed by atoms with Gasteiger partial charge in [0, 0.05) is 57.6 Å². The Morgan fingerprint density at radius 3 is 2.80 bits per heavy atom. The van der Waals surface area contributed by atoms with Gasteiger partial charge >= 0.3 is 0 Å². The van der Waals surface area contributed by atoms with Crippen LogP contribution >= 0.6 is 11.8 Å². The van der Waals surface area contributed by atoms with Crippen LogP contribution in [-0.4, -0.2) is 64.5 Å². The molecule has 6 nitrogen and oxygen atoms in total. The Balaban J connectivity index is 1.47. The molecule has 30 heavy (non-hydrogen) atoms. The Morgan fingerprint density at radius 1 is 1.20 bits per heavy atom. The van der Waals surface area contributed by atoms with Crippen molar-refractivity contribution < 1.29 is 9.59 Å². The van der Waals surface area contributed by atoms with E-state index in [0.29, 0.717) is 31.0 Å². The lowest BCUT2D eigenvalue weighted by Crippen LogP contribution is -2.40. The van der Waals surface area contributed by atoms with E-state index in [4.69, 9.17) is 0 Å². The van der Waals surface area contributed by atoms with Crippen LogP contribution in [0.15, 0.2) is 47.8 Å². The van der Waals surface area contributed by atoms with Gasteiger partial charge in [0.25, 0.3) is 5.91 Å². The number of rotatable bonds is 8. The molecule has 1 aliphatic heterocycles. The van der Waals surface area contributed by atoms with E-state index in [1.54, 1.807) is 17.3 Å². The van der Waals surface area contributed by atoms with E-state index in [9.17, 15) is 9.59 Å². The lowest BCUT2D eigenvalue weighted by atomic mass is 9.92. The van der Waals surface area contributed by atoms with Crippen LogP contribution in [0.1, 0.15) is 41.7 Å². The SMILES string of the molecule is CSc1ncccc1C(=O)N1CCC[C@H](CCC(=O)N(C)CCc2ccccn2)C1. The second-order valence-electron chi connectivity index (χ2n) is 7.74. The van der Waals surface area contributed by atoms with E-state index < -0.39 is 0 Å². The van der Waals surface area contributed by atoms with Gasteiger partial charge < -0.3 is 9.80 Å². The fraction of sp³-hybridized carbons (Fsp3) is 0.478. The second kappa shape index (κ2) is 11.1. The summed E-state index contributed by atoms with van der Waals surface area (Å²) >= 11 is 1.50. The lowest BCUT2D eigenvalue weighted by Gasteiger charge is -2.33. The number of likely N-dealkylation sites (N-methyl/N-ethyl adjacent to an activating group) is 1. The zero-order valence-corrected chi connectivity index (χ0v) is 18.6. The van der Waals surface area contributed by atoms with Gasteiger partial charge in [-0.2, -0.15) is 0 Å². The van der Waals surface area contributed by atoms with Crippen LogP contribution in [0, 0.1) is 5.92 Å². The molecular weight excluding hydrogens is 396 g/mol. The van der Waals surface area contributed by atoms with Crippen molar-refractivity contribution in [1.82, 2.24) is 19.8 Å². The number of hydrogen-bond donors (Lipinski definition) is 0. The molecule has 0 aliphatic carbocycles. The lowest BCUT2D eigenvalue weighted by molar-refractivity contribution is -0.130. The molecule has 2 aromatic rings. The number of carbonyl (C=O) groups is 2. The van der Waals surface area contributed by atoms with Gasteiger partial charge in [-0.25, -0.2) is 4.98 Å². The van der Waals surface area contributed by atoms with Crippen LogP contribution in [0.2, 0.25) is 0 Å². The van der Waals surface area contributed by atoms with Crippen molar-refractivity contribution in [2.45, 2.75) is 37.1 Å². The van der Waals surface area contributed by atoms with E-state index in [2.05, 4.69) is 9.97 Å². The van der Waals surface area contributed by atoms with Gasteiger partial charge in [0.1, 0.15) is 5.03 Å². The zero-order valence-electron chi connectivity index (χ0n) is 17.8. The number of aromatic nitrogens is 2. The predicted molar refractivity (Wildman–Crippen MR) is 119 cm³/mol. The van der Waals surface area contributed by atoms with E-state index in [0.717, 1.165) is 42.9 Å². The third kappa shape index (κ3) is 6.05. The summed E-state index contributed by atoms with van der Waals surface area (Å²) in [6, 6.07) is 9.51. The van der Waals surface area contributed by atoms with E-state index in [-0.39, 0.29) is 11.8 Å². The maximum Gasteiger partial charge on any atom is 0.256 e. The first kappa shape index (κ1) is 22.3. The highest BCUT2D eigenvalue weighted by Crippen LogP contribution is 2.25. The van der Waals surface area contributed by atoms with E-state index in [1.807, 2.05) is 48.5 Å². The largest absolute Gasteiger partial charge is 0.345 e. The zero-order chi connectivity index (χ0) is 21.3. The van der Waals surface area contributed by atoms with Gasteiger partial charge in [0.15, 0.2) is 0 Å². The number of hydrogen-bond acceptors (Lipinski definition) is 5. The summed E-state index contributed by atoms with van der Waals surface area (Å²) in [7, 11) is 1.86. The maximum absolute atomic E-state index is 13.0. The monoisotopic (exact) mass is 426 g/mol. The Hall–Kier alpha value is -2.41. The number of nitrogens with zero attached hydrogens (tertiary/aromatic N) is 4. The fourth-order valence-corrected chi connectivity index (χ4v) is 4.38. The van der Waals surface area contributed by atoms with Crippen LogP contribution in [-0.2, 0) is 11.2 Å². The average molecular weight is 427 g/mol. The van der Waals surface area contributed by atoms with Crippen molar-refractivity contribution in [3.63, 3.8) is 0 Å². The number of amides is 2. The van der Waals surface area contributed by atoms with Gasteiger partial charge in [0.05, 0.1) is 5.56 Å². The molecule has 0 N–H and O–H groups in total. The molecule has 1 aliphatic rings. The number of likely N-dealkylation sites (tertiary alicyclic amines) is 1. The molecule has 2 amide bonds. The fourth-order valence-electron chi connectivity index (χ4n) is 3.84. The van der Waals surface area contributed by atoms with Gasteiger partial charge in [-0.1, -0.05) is 6.07 Å². The molecule has 1 fully saturated rings. The molecule has 3 heterocycles. The summed E-state index contributed by atoms with van der Waals surface area (Å²) in [5, 5.41) is 0.773. The van der Waals surface area contributed by atoms with Crippen LogP contribution in [0.4, 0.5) is 0 Å². The van der Waals surface area contributed by atoms with Crippen molar-refractivity contribution in [3.05, 3.63) is 54.0 Å². The van der Waals surface area contributed by atoms with Crippen molar-refractivity contribution in [1.29, 1.82) is 0 Å². The quantitative estimate of drug-likeness (QED) is 0.604. The highest BCUT2D eigenvalue weighted by atomic mass is 32.2. The maximum atomic E-state index is 13.0. The van der Waals surface area contributed by atoms with E-state index in [1.165, 1.54) is 11.8 Å². The molecule has 2 aromatic heterocycles. The van der Waals surface area contributed by atoms with Crippen molar-refractivity contribution in [3.8, 4) is 0 Å². The summed E-state index contributed by atoms with van der Waals surface area (Å²) in [5.41, 5.74) is 1.68. The van der Waals surface area contributed by atoms with Crippen molar-refractivity contribution in [2.24, 2.45) is 5.92 Å². The summed E-state index contributed by atoms with van der Waals surface area (Å²) in [6.07, 6.45) is 9.59. The third-order valence-electron chi connectivity index (χ3n) is 5.62. The molecule has 0 aromatic carbocycles. The number of carbonyl (C=O) groups excluding carboxylic acids is 2. The molecule has 0 radical (unpaired) electrons. The van der Waals surface area contributed by atoms with E-state index >= 15 is 0 Å². The summed E-state index contributed by atoms with van der Waals surface area (Å²) in [6.45, 7) is 2.16. The predicted octanol–water partition coefficient (Wildman–Crippen LogP) is 3.53. The van der Waals surface area contributed by atoms with Gasteiger partial charge in [0.2, 0.25) is 5.91 Å². The topological polar surface area (TPSA) is 66.4 Å². The summed E-state index contributed by atoms with van der Waals surface area (Å²) in [4.78, 5) is 37.9. The van der Waals surface area contributed by atoms with Gasteiger partial charge in [-0.05, 0) is 55.7 Å². The molecule has 1 saturated heterocycles. The summed E-state index contributed by atoms with van der Waals surface area (Å²) in [5.74, 6) is 0.576. The molecular formula is C23H30N4O2S. The van der Waals surface area contributed by atoms with Crippen LogP contribution in [0.3, 0.4) is 0 Å². The molecule has 1 atom stereocenters. The molecule has 3 rings (SSSR count). The Morgan fingerprint density at radius 2 is 2.03 bits per heavy atom. The first-order chi connectivity index (χ1) is 14.6. The van der Waals surface area contributed by atoms with Crippen molar-refractivity contribution in [2.75, 3.05) is 32.9 Å². The number of piperidine rings is 1. The van der Waals surface area contributed by atoms with Crippen LogP contribution < -0.4 is 0 Å². The van der Waals surface area contributed by atoms with Crippen molar-refractivity contribution >= 4 is 23.6 Å². The molecule has 7 heteroatoms. The van der Waals surface area contributed by atoms with Crippen LogP contribution in [0.25, 0.3) is 0 Å². The molecule has 0 unspecified atom stereocenters. The first-order valence-corrected chi connectivity index (χ1v) is 11.7. The minimum atomic E-state index is 0.0518. The minimum Gasteiger partial charge on any atom is -0.345 e. The molecule has 0 bridgehead atoms. The molecule has 0 saturated carbocycles. The highest BCUT2D eigenvalue weighted by molar-refractivity contribution is 7.98. The normalized spacial score (nSPS) is 16.3. The Labute approximate surface area is 183 Å². The standard InChI is InChI=1S/C23H30N4O2S/c1-26(16-12-19-8-3-4-13-24-19)21(28)11-10-18-7-6-15-27(17-18)23(29)20-9-5-14-25-22(20)30-2/h3-5,8-9,13-14,18H,6-7,10-12,15-17H2,1-2H3/t18-/m1/s1. The molecule has 160 valence electrons. The van der Waals surface area contributed by atoms with Gasteiger partial charge in [-0.15, -0.1) is 11.8 Å². The number of thioether (sulfide) groups is 1. The Bertz CT molecular complexity index is 846. The third-order valence-corrected chi connectivity index (χ3v) is 6.33.